The molecule has 0 aliphatic carbocycles. The standard InChI is InChI=1S/C23H25N3O5S/c1-2-26-19-6-4-3-5-17(19)15-20(26)23(27)24-9-11-25(12-10-24)32(28,29)18-7-8-21-22(16-18)31-14-13-30-21/h3-8,15-16H,2,9-14H2,1H3. The molecule has 0 spiro atoms. The molecular weight excluding hydrogens is 430 g/mol. The zero-order valence-electron chi connectivity index (χ0n) is 17.9. The number of nitrogens with zero attached hydrogens (tertiary/aromatic N) is 3. The summed E-state index contributed by atoms with van der Waals surface area (Å²) in [6.07, 6.45) is 0. The summed E-state index contributed by atoms with van der Waals surface area (Å²) in [5.41, 5.74) is 1.66. The third-order valence-corrected chi connectivity index (χ3v) is 7.92. The molecule has 0 N–H and O–H groups in total. The average molecular weight is 456 g/mol. The summed E-state index contributed by atoms with van der Waals surface area (Å²) in [4.78, 5) is 15.1. The van der Waals surface area contributed by atoms with E-state index in [0.29, 0.717) is 50.0 Å². The number of sulfonamides is 1. The van der Waals surface area contributed by atoms with E-state index in [4.69, 9.17) is 9.47 Å². The average Bonchev–Trinajstić information content (AvgIpc) is 3.22. The van der Waals surface area contributed by atoms with Crippen LogP contribution in [0.25, 0.3) is 10.9 Å². The van der Waals surface area contributed by atoms with Gasteiger partial charge in [0.05, 0.1) is 4.90 Å². The van der Waals surface area contributed by atoms with Crippen LogP contribution in [0.2, 0.25) is 0 Å². The second-order valence-electron chi connectivity index (χ2n) is 7.83. The molecule has 32 heavy (non-hydrogen) atoms. The number of carbonyl (C=O) groups is 1. The normalized spacial score (nSPS) is 17.0. The number of piperazine rings is 1. The fourth-order valence-electron chi connectivity index (χ4n) is 4.36. The van der Waals surface area contributed by atoms with Gasteiger partial charge in [0, 0.05) is 49.7 Å². The largest absolute Gasteiger partial charge is 0.486 e. The minimum atomic E-state index is -3.69. The van der Waals surface area contributed by atoms with E-state index in [2.05, 4.69) is 0 Å². The highest BCUT2D eigenvalue weighted by Gasteiger charge is 2.32. The third-order valence-electron chi connectivity index (χ3n) is 6.02. The molecule has 0 saturated carbocycles. The van der Waals surface area contributed by atoms with Crippen molar-refractivity contribution in [2.24, 2.45) is 0 Å². The van der Waals surface area contributed by atoms with Crippen molar-refractivity contribution in [1.82, 2.24) is 13.8 Å². The number of carbonyl (C=O) groups excluding carboxylic acids is 1. The molecule has 1 fully saturated rings. The predicted octanol–water partition coefficient (Wildman–Crippen LogP) is 2.58. The van der Waals surface area contributed by atoms with Crippen LogP contribution in [-0.4, -0.2) is 67.5 Å². The van der Waals surface area contributed by atoms with E-state index in [1.807, 2.05) is 41.8 Å². The quantitative estimate of drug-likeness (QED) is 0.604. The number of hydrogen-bond acceptors (Lipinski definition) is 5. The van der Waals surface area contributed by atoms with Gasteiger partial charge in [0.2, 0.25) is 10.0 Å². The molecule has 2 aliphatic rings. The summed E-state index contributed by atoms with van der Waals surface area (Å²) >= 11 is 0. The molecule has 1 amide bonds. The molecule has 9 heteroatoms. The number of hydrogen-bond donors (Lipinski definition) is 0. The molecule has 8 nitrogen and oxygen atoms in total. The molecule has 1 saturated heterocycles. The number of amides is 1. The number of aromatic nitrogens is 1. The van der Waals surface area contributed by atoms with Gasteiger partial charge < -0.3 is 18.9 Å². The zero-order chi connectivity index (χ0) is 22.3. The van der Waals surface area contributed by atoms with E-state index < -0.39 is 10.0 Å². The summed E-state index contributed by atoms with van der Waals surface area (Å²) in [7, 11) is -3.69. The van der Waals surface area contributed by atoms with Crippen molar-refractivity contribution in [3.05, 3.63) is 54.2 Å². The maximum absolute atomic E-state index is 13.2. The number of rotatable bonds is 4. The fraction of sp³-hybridized carbons (Fsp3) is 0.348. The SMILES string of the molecule is CCn1c(C(=O)N2CCN(S(=O)(=O)c3ccc4c(c3)OCCO4)CC2)cc2ccccc21. The third kappa shape index (κ3) is 3.51. The van der Waals surface area contributed by atoms with Gasteiger partial charge in [0.15, 0.2) is 11.5 Å². The Labute approximate surface area is 187 Å². The molecule has 3 aromatic rings. The second kappa shape index (κ2) is 8.14. The highest BCUT2D eigenvalue weighted by atomic mass is 32.2. The van der Waals surface area contributed by atoms with Crippen molar-refractivity contribution in [2.75, 3.05) is 39.4 Å². The minimum Gasteiger partial charge on any atom is -0.486 e. The van der Waals surface area contributed by atoms with E-state index in [9.17, 15) is 13.2 Å². The van der Waals surface area contributed by atoms with Crippen LogP contribution in [0.1, 0.15) is 17.4 Å². The molecule has 168 valence electrons. The molecule has 1 aromatic heterocycles. The number of ether oxygens (including phenoxy) is 2. The zero-order valence-corrected chi connectivity index (χ0v) is 18.7. The van der Waals surface area contributed by atoms with Crippen LogP contribution in [0, 0.1) is 0 Å². The summed E-state index contributed by atoms with van der Waals surface area (Å²) < 4.78 is 40.8. The Kier molecular flexibility index (Phi) is 5.30. The van der Waals surface area contributed by atoms with Crippen LogP contribution < -0.4 is 9.47 Å². The Hall–Kier alpha value is -3.04. The maximum Gasteiger partial charge on any atom is 0.270 e. The topological polar surface area (TPSA) is 81.1 Å². The van der Waals surface area contributed by atoms with Gasteiger partial charge in [-0.25, -0.2) is 8.42 Å². The van der Waals surface area contributed by atoms with Gasteiger partial charge in [-0.15, -0.1) is 0 Å². The predicted molar refractivity (Wildman–Crippen MR) is 120 cm³/mol. The minimum absolute atomic E-state index is 0.0700. The molecule has 0 atom stereocenters. The first-order chi connectivity index (χ1) is 15.5. The molecule has 3 heterocycles. The van der Waals surface area contributed by atoms with Crippen molar-refractivity contribution >= 4 is 26.8 Å². The maximum atomic E-state index is 13.2. The summed E-state index contributed by atoms with van der Waals surface area (Å²) in [5.74, 6) is 0.926. The van der Waals surface area contributed by atoms with Crippen molar-refractivity contribution in [1.29, 1.82) is 0 Å². The van der Waals surface area contributed by atoms with Crippen LogP contribution in [0.5, 0.6) is 11.5 Å². The number of para-hydroxylation sites is 1. The number of fused-ring (bicyclic) bond motifs is 2. The Balaban J connectivity index is 1.32. The lowest BCUT2D eigenvalue weighted by Crippen LogP contribution is -2.50. The lowest BCUT2D eigenvalue weighted by molar-refractivity contribution is 0.0687. The van der Waals surface area contributed by atoms with E-state index in [1.54, 1.807) is 17.0 Å². The molecule has 2 aliphatic heterocycles. The van der Waals surface area contributed by atoms with E-state index in [0.717, 1.165) is 10.9 Å². The van der Waals surface area contributed by atoms with Gasteiger partial charge in [-0.3, -0.25) is 4.79 Å². The first-order valence-electron chi connectivity index (χ1n) is 10.8. The highest BCUT2D eigenvalue weighted by Crippen LogP contribution is 2.33. The van der Waals surface area contributed by atoms with Crippen molar-refractivity contribution in [3.8, 4) is 11.5 Å². The Morgan fingerprint density at radius 2 is 1.66 bits per heavy atom. The van der Waals surface area contributed by atoms with Crippen LogP contribution >= 0.6 is 0 Å². The molecular formula is C23H25N3O5S. The Bertz CT molecular complexity index is 1280. The first-order valence-corrected chi connectivity index (χ1v) is 12.2. The smallest absolute Gasteiger partial charge is 0.270 e. The number of aryl methyl sites for hydroxylation is 1. The Morgan fingerprint density at radius 1 is 0.938 bits per heavy atom. The van der Waals surface area contributed by atoms with Gasteiger partial charge in [0.1, 0.15) is 18.9 Å². The Morgan fingerprint density at radius 3 is 2.41 bits per heavy atom. The lowest BCUT2D eigenvalue weighted by Gasteiger charge is -2.34. The highest BCUT2D eigenvalue weighted by molar-refractivity contribution is 7.89. The summed E-state index contributed by atoms with van der Waals surface area (Å²) in [5, 5.41) is 1.03. The molecule has 0 radical (unpaired) electrons. The van der Waals surface area contributed by atoms with Gasteiger partial charge in [-0.1, -0.05) is 18.2 Å². The van der Waals surface area contributed by atoms with Crippen LogP contribution in [-0.2, 0) is 16.6 Å². The van der Waals surface area contributed by atoms with Gasteiger partial charge in [-0.05, 0) is 31.2 Å². The van der Waals surface area contributed by atoms with E-state index >= 15 is 0 Å². The van der Waals surface area contributed by atoms with Crippen molar-refractivity contribution in [2.45, 2.75) is 18.4 Å². The second-order valence-corrected chi connectivity index (χ2v) is 9.77. The molecule has 5 rings (SSSR count). The molecule has 0 unspecified atom stereocenters. The van der Waals surface area contributed by atoms with E-state index in [1.165, 1.54) is 10.4 Å². The molecule has 2 aromatic carbocycles. The first kappa shape index (κ1) is 20.8. The summed E-state index contributed by atoms with van der Waals surface area (Å²) in [6, 6.07) is 14.5. The summed E-state index contributed by atoms with van der Waals surface area (Å²) in [6.45, 7) is 4.72. The van der Waals surface area contributed by atoms with Gasteiger partial charge >= 0.3 is 0 Å². The van der Waals surface area contributed by atoms with Gasteiger partial charge in [0.25, 0.3) is 5.91 Å². The van der Waals surface area contributed by atoms with Crippen LogP contribution in [0.15, 0.2) is 53.4 Å². The molecule has 0 bridgehead atoms. The van der Waals surface area contributed by atoms with Crippen molar-refractivity contribution in [3.63, 3.8) is 0 Å². The lowest BCUT2D eigenvalue weighted by atomic mass is 10.2. The van der Waals surface area contributed by atoms with Gasteiger partial charge in [-0.2, -0.15) is 4.31 Å². The monoisotopic (exact) mass is 455 g/mol. The van der Waals surface area contributed by atoms with Crippen LogP contribution in [0.3, 0.4) is 0 Å². The number of benzene rings is 2. The van der Waals surface area contributed by atoms with E-state index in [-0.39, 0.29) is 23.9 Å². The van der Waals surface area contributed by atoms with Crippen molar-refractivity contribution < 1.29 is 22.7 Å². The van der Waals surface area contributed by atoms with Crippen LogP contribution in [0.4, 0.5) is 0 Å². The fourth-order valence-corrected chi connectivity index (χ4v) is 5.79.